The van der Waals surface area contributed by atoms with Crippen LogP contribution in [0.25, 0.3) is 0 Å². The van der Waals surface area contributed by atoms with Crippen LogP contribution in [0.5, 0.6) is 0 Å². The number of carbonyl (C=O) groups excluding carboxylic acids is 1. The fourth-order valence-electron chi connectivity index (χ4n) is 0.380. The van der Waals surface area contributed by atoms with Crippen LogP contribution < -0.4 is 4.90 Å². The molecule has 0 radical (unpaired) electrons. The molecule has 0 atom stereocenters. The lowest BCUT2D eigenvalue weighted by Crippen LogP contribution is -3.08. The summed E-state index contributed by atoms with van der Waals surface area (Å²) in [6.07, 6.45) is -0.215. The van der Waals surface area contributed by atoms with Crippen molar-refractivity contribution in [1.82, 2.24) is 0 Å². The Morgan fingerprint density at radius 3 is 1.80 bits per heavy atom. The van der Waals surface area contributed by atoms with Crippen LogP contribution in [0, 0.1) is 0 Å². The summed E-state index contributed by atoms with van der Waals surface area (Å²) in [6, 6.07) is 0. The van der Waals surface area contributed by atoms with Crippen LogP contribution in [-0.2, 0) is 4.74 Å². The molecule has 0 aromatic heterocycles. The van der Waals surface area contributed by atoms with Crippen LogP contribution in [0.4, 0.5) is 4.79 Å². The molecule has 0 aliphatic rings. The lowest BCUT2D eigenvalue weighted by Gasteiger charge is -2.18. The van der Waals surface area contributed by atoms with Crippen molar-refractivity contribution in [2.45, 2.75) is 26.4 Å². The highest BCUT2D eigenvalue weighted by molar-refractivity contribution is 5.56. The fourth-order valence-corrected chi connectivity index (χ4v) is 0.380. The van der Waals surface area contributed by atoms with Crippen LogP contribution in [0.2, 0.25) is 0 Å². The quantitative estimate of drug-likeness (QED) is 0.524. The molecule has 60 valence electrons. The molecule has 0 heterocycles. The second kappa shape index (κ2) is 3.01. The fraction of sp³-hybridized carbons (Fsp3) is 0.857. The number of ether oxygens (including phenoxy) is 1. The molecule has 0 aromatic rings. The van der Waals surface area contributed by atoms with E-state index in [-0.39, 0.29) is 11.7 Å². The predicted molar refractivity (Wildman–Crippen MR) is 39.0 cm³/mol. The molecule has 3 nitrogen and oxygen atoms in total. The van der Waals surface area contributed by atoms with Gasteiger partial charge in [-0.3, -0.25) is 0 Å². The second-order valence-electron chi connectivity index (χ2n) is 3.50. The number of nitrogens with one attached hydrogen (secondary N) is 1. The summed E-state index contributed by atoms with van der Waals surface area (Å²) in [5.41, 5.74) is -0.367. The lowest BCUT2D eigenvalue weighted by molar-refractivity contribution is -0.779. The van der Waals surface area contributed by atoms with Crippen molar-refractivity contribution in [3.05, 3.63) is 0 Å². The number of amides is 1. The number of hydrogen-bond acceptors (Lipinski definition) is 2. The molecule has 10 heavy (non-hydrogen) atoms. The highest BCUT2D eigenvalue weighted by Gasteiger charge is 2.20. The maximum Gasteiger partial charge on any atom is 0.514 e. The van der Waals surface area contributed by atoms with Crippen molar-refractivity contribution in [2.75, 3.05) is 14.1 Å². The molecule has 1 N–H and O–H groups in total. The number of alkyl carbamates (subject to hydrolysis) is 2. The molecule has 0 saturated heterocycles. The van der Waals surface area contributed by atoms with Gasteiger partial charge in [0.15, 0.2) is 0 Å². The van der Waals surface area contributed by atoms with Crippen molar-refractivity contribution < 1.29 is 14.4 Å². The molecule has 3 heteroatoms. The number of rotatable bonds is 0. The molecule has 0 fully saturated rings. The monoisotopic (exact) mass is 146 g/mol. The first-order valence-corrected chi connectivity index (χ1v) is 3.36. The Kier molecular flexibility index (Phi) is 2.84. The predicted octanol–water partition coefficient (Wildman–Crippen LogP) is 0.0660. The summed E-state index contributed by atoms with van der Waals surface area (Å²) in [4.78, 5) is 11.6. The van der Waals surface area contributed by atoms with Gasteiger partial charge in [0, 0.05) is 0 Å². The normalized spacial score (nSPS) is 11.8. The van der Waals surface area contributed by atoms with E-state index in [9.17, 15) is 4.79 Å². The molecule has 0 spiro atoms. The SMILES string of the molecule is C[NH+](C)C(=O)OC(C)(C)C. The molecule has 1 amide bonds. The Morgan fingerprint density at radius 1 is 1.30 bits per heavy atom. The molecule has 0 bridgehead atoms. The minimum Gasteiger partial charge on any atom is -0.414 e. The number of quaternary nitrogens is 1. The van der Waals surface area contributed by atoms with Gasteiger partial charge in [-0.15, -0.1) is 0 Å². The molecule has 0 aliphatic carbocycles. The van der Waals surface area contributed by atoms with E-state index in [4.69, 9.17) is 4.74 Å². The Hall–Kier alpha value is -0.570. The van der Waals surface area contributed by atoms with Crippen molar-refractivity contribution >= 4 is 6.09 Å². The van der Waals surface area contributed by atoms with E-state index in [1.54, 1.807) is 14.1 Å². The van der Waals surface area contributed by atoms with Crippen LogP contribution in [0.1, 0.15) is 20.8 Å². The van der Waals surface area contributed by atoms with E-state index in [0.29, 0.717) is 4.90 Å². The summed E-state index contributed by atoms with van der Waals surface area (Å²) < 4.78 is 5.02. The summed E-state index contributed by atoms with van der Waals surface area (Å²) >= 11 is 0. The van der Waals surface area contributed by atoms with Crippen LogP contribution in [-0.4, -0.2) is 25.8 Å². The van der Waals surface area contributed by atoms with Gasteiger partial charge < -0.3 is 4.74 Å². The number of hydrogen-bond donors (Lipinski definition) is 1. The first-order chi connectivity index (χ1) is 4.33. The molecule has 0 aliphatic heterocycles. The van der Waals surface area contributed by atoms with Gasteiger partial charge in [0.2, 0.25) is 0 Å². The van der Waals surface area contributed by atoms with E-state index < -0.39 is 0 Å². The van der Waals surface area contributed by atoms with Crippen LogP contribution in [0.3, 0.4) is 0 Å². The summed E-state index contributed by atoms with van der Waals surface area (Å²) in [5.74, 6) is 0. The van der Waals surface area contributed by atoms with Gasteiger partial charge in [-0.05, 0) is 20.8 Å². The highest BCUT2D eigenvalue weighted by atomic mass is 16.6. The Morgan fingerprint density at radius 2 is 1.70 bits per heavy atom. The van der Waals surface area contributed by atoms with E-state index in [1.807, 2.05) is 20.8 Å². The largest absolute Gasteiger partial charge is 0.514 e. The number of carbonyl (C=O) groups is 1. The molecule has 0 aromatic carbocycles. The topological polar surface area (TPSA) is 30.7 Å². The standard InChI is InChI=1S/C7H15NO2/c1-7(2,3)10-6(9)8(4)5/h1-5H3/p+1. The van der Waals surface area contributed by atoms with Gasteiger partial charge >= 0.3 is 6.09 Å². The van der Waals surface area contributed by atoms with E-state index in [2.05, 4.69) is 0 Å². The van der Waals surface area contributed by atoms with Gasteiger partial charge in [0.25, 0.3) is 0 Å². The summed E-state index contributed by atoms with van der Waals surface area (Å²) in [6.45, 7) is 5.56. The smallest absolute Gasteiger partial charge is 0.414 e. The van der Waals surface area contributed by atoms with Crippen LogP contribution >= 0.6 is 0 Å². The zero-order chi connectivity index (χ0) is 8.36. The first kappa shape index (κ1) is 9.43. The van der Waals surface area contributed by atoms with Gasteiger partial charge in [0.1, 0.15) is 5.60 Å². The van der Waals surface area contributed by atoms with Crippen LogP contribution in [0.15, 0.2) is 0 Å². The minimum absolute atomic E-state index is 0.215. The van der Waals surface area contributed by atoms with E-state index >= 15 is 0 Å². The summed E-state index contributed by atoms with van der Waals surface area (Å²) in [5, 5.41) is 0. The average Bonchev–Trinajstić information content (AvgIpc) is 1.60. The van der Waals surface area contributed by atoms with Crippen molar-refractivity contribution in [2.24, 2.45) is 0 Å². The second-order valence-corrected chi connectivity index (χ2v) is 3.50. The third-order valence-corrected chi connectivity index (χ3v) is 0.807. The lowest BCUT2D eigenvalue weighted by atomic mass is 10.2. The molecular weight excluding hydrogens is 130 g/mol. The van der Waals surface area contributed by atoms with Gasteiger partial charge in [-0.1, -0.05) is 0 Å². The molecule has 0 unspecified atom stereocenters. The van der Waals surface area contributed by atoms with Crippen molar-refractivity contribution in [3.63, 3.8) is 0 Å². The zero-order valence-corrected chi connectivity index (χ0v) is 7.32. The third-order valence-electron chi connectivity index (χ3n) is 0.807. The maximum absolute atomic E-state index is 10.9. The maximum atomic E-state index is 10.9. The van der Waals surface area contributed by atoms with Gasteiger partial charge in [-0.2, -0.15) is 4.79 Å². The highest BCUT2D eigenvalue weighted by Crippen LogP contribution is 2.04. The third kappa shape index (κ3) is 4.32. The van der Waals surface area contributed by atoms with Gasteiger partial charge in [0.05, 0.1) is 14.1 Å². The van der Waals surface area contributed by atoms with Gasteiger partial charge in [-0.25, -0.2) is 4.90 Å². The van der Waals surface area contributed by atoms with E-state index in [0.717, 1.165) is 0 Å². The summed E-state index contributed by atoms with van der Waals surface area (Å²) in [7, 11) is 3.49. The molecular formula is C7H16NO2+. The Labute approximate surface area is 62.0 Å². The zero-order valence-electron chi connectivity index (χ0n) is 7.32. The molecule has 0 saturated carbocycles. The van der Waals surface area contributed by atoms with Crippen molar-refractivity contribution in [3.8, 4) is 0 Å². The first-order valence-electron chi connectivity index (χ1n) is 3.36. The van der Waals surface area contributed by atoms with Crippen molar-refractivity contribution in [1.29, 1.82) is 0 Å². The Bertz CT molecular complexity index is 124. The molecule has 0 rings (SSSR count). The Balaban J connectivity index is 3.81. The average molecular weight is 146 g/mol. The van der Waals surface area contributed by atoms with E-state index in [1.165, 1.54) is 0 Å². The minimum atomic E-state index is -0.367.